The molecular weight excluding hydrogens is 259 g/mol. The third kappa shape index (κ3) is 2.82. The highest BCUT2D eigenvalue weighted by molar-refractivity contribution is 6.04. The Balaban J connectivity index is 2.30. The van der Waals surface area contributed by atoms with Crippen molar-refractivity contribution in [1.82, 2.24) is 4.98 Å². The van der Waals surface area contributed by atoms with Gasteiger partial charge in [-0.05, 0) is 24.3 Å². The Morgan fingerprint density at radius 1 is 1.21 bits per heavy atom. The normalized spacial score (nSPS) is 10.3. The van der Waals surface area contributed by atoms with Crippen molar-refractivity contribution in [2.75, 3.05) is 11.1 Å². The maximum Gasteiger partial charge on any atom is 0.259 e. The summed E-state index contributed by atoms with van der Waals surface area (Å²) in [4.78, 5) is 15.1. The molecule has 0 aliphatic heterocycles. The highest BCUT2D eigenvalue weighted by Gasteiger charge is 2.16. The van der Waals surface area contributed by atoms with Gasteiger partial charge in [0, 0.05) is 0 Å². The van der Waals surface area contributed by atoms with E-state index in [9.17, 15) is 18.0 Å². The maximum atomic E-state index is 13.6. The summed E-state index contributed by atoms with van der Waals surface area (Å²) < 4.78 is 39.4. The van der Waals surface area contributed by atoms with E-state index in [1.54, 1.807) is 0 Å². The fourth-order valence-corrected chi connectivity index (χ4v) is 1.44. The highest BCUT2D eigenvalue weighted by Crippen LogP contribution is 2.18. The average Bonchev–Trinajstić information content (AvgIpc) is 2.33. The number of nitrogens with one attached hydrogen (secondary N) is 1. The molecule has 0 bridgehead atoms. The van der Waals surface area contributed by atoms with Crippen molar-refractivity contribution in [2.24, 2.45) is 0 Å². The van der Waals surface area contributed by atoms with Gasteiger partial charge in [0.2, 0.25) is 5.95 Å². The van der Waals surface area contributed by atoms with Crippen molar-refractivity contribution < 1.29 is 18.0 Å². The lowest BCUT2D eigenvalue weighted by atomic mass is 10.1. The lowest BCUT2D eigenvalue weighted by Crippen LogP contribution is -2.16. The van der Waals surface area contributed by atoms with E-state index in [2.05, 4.69) is 10.3 Å². The van der Waals surface area contributed by atoms with E-state index in [-0.39, 0.29) is 5.82 Å². The van der Waals surface area contributed by atoms with Crippen LogP contribution in [0.3, 0.4) is 0 Å². The van der Waals surface area contributed by atoms with E-state index in [1.807, 2.05) is 0 Å². The van der Waals surface area contributed by atoms with Gasteiger partial charge in [-0.25, -0.2) is 13.8 Å². The summed E-state index contributed by atoms with van der Waals surface area (Å²) >= 11 is 0. The maximum absolute atomic E-state index is 13.6. The van der Waals surface area contributed by atoms with Crippen LogP contribution in [0, 0.1) is 17.6 Å². The molecular formula is C12H8F3N3O. The molecule has 3 N–H and O–H groups in total. The first-order valence-corrected chi connectivity index (χ1v) is 5.16. The van der Waals surface area contributed by atoms with Gasteiger partial charge in [-0.15, -0.1) is 0 Å². The highest BCUT2D eigenvalue weighted by atomic mass is 19.1. The summed E-state index contributed by atoms with van der Waals surface area (Å²) in [6.45, 7) is 0. The first-order valence-electron chi connectivity index (χ1n) is 5.16. The van der Waals surface area contributed by atoms with Crippen LogP contribution < -0.4 is 11.1 Å². The van der Waals surface area contributed by atoms with Crippen LogP contribution in [-0.4, -0.2) is 10.9 Å². The zero-order valence-electron chi connectivity index (χ0n) is 9.45. The molecule has 0 saturated carbocycles. The van der Waals surface area contributed by atoms with Gasteiger partial charge in [0.25, 0.3) is 5.91 Å². The first kappa shape index (κ1) is 12.9. The SMILES string of the molecule is Nc1cc(F)cc(C(=O)Nc2cccc(F)n2)c1F. The van der Waals surface area contributed by atoms with E-state index < -0.39 is 34.7 Å². The number of carbonyl (C=O) groups is 1. The second kappa shape index (κ2) is 4.97. The molecule has 0 radical (unpaired) electrons. The number of nitrogens with zero attached hydrogens (tertiary/aromatic N) is 1. The summed E-state index contributed by atoms with van der Waals surface area (Å²) in [6.07, 6.45) is 0. The van der Waals surface area contributed by atoms with Crippen molar-refractivity contribution in [3.8, 4) is 0 Å². The molecule has 7 heteroatoms. The topological polar surface area (TPSA) is 68.0 Å². The molecule has 0 atom stereocenters. The standard InChI is InChI=1S/C12H8F3N3O/c13-6-4-7(11(15)8(16)5-6)12(19)18-10-3-1-2-9(14)17-10/h1-5H,16H2,(H,17,18,19). The smallest absolute Gasteiger partial charge is 0.259 e. The molecule has 2 rings (SSSR count). The van der Waals surface area contributed by atoms with Gasteiger partial charge in [0.15, 0.2) is 5.82 Å². The molecule has 98 valence electrons. The van der Waals surface area contributed by atoms with Gasteiger partial charge >= 0.3 is 0 Å². The number of rotatable bonds is 2. The summed E-state index contributed by atoms with van der Waals surface area (Å²) in [5.74, 6) is -3.79. The van der Waals surface area contributed by atoms with Crippen LogP contribution in [0.25, 0.3) is 0 Å². The molecule has 0 unspecified atom stereocenters. The molecule has 1 aromatic carbocycles. The van der Waals surface area contributed by atoms with Gasteiger partial charge < -0.3 is 11.1 Å². The third-order valence-electron chi connectivity index (χ3n) is 2.27. The Kier molecular flexibility index (Phi) is 3.37. The Morgan fingerprint density at radius 3 is 2.63 bits per heavy atom. The minimum atomic E-state index is -1.05. The second-order valence-electron chi connectivity index (χ2n) is 3.66. The summed E-state index contributed by atoms with van der Waals surface area (Å²) in [7, 11) is 0. The van der Waals surface area contributed by atoms with Crippen molar-refractivity contribution in [2.45, 2.75) is 0 Å². The van der Waals surface area contributed by atoms with E-state index in [1.165, 1.54) is 12.1 Å². The lowest BCUT2D eigenvalue weighted by molar-refractivity contribution is 0.102. The number of aromatic nitrogens is 1. The molecule has 1 aromatic heterocycles. The number of pyridine rings is 1. The molecule has 4 nitrogen and oxygen atoms in total. The molecule has 0 spiro atoms. The fourth-order valence-electron chi connectivity index (χ4n) is 1.44. The van der Waals surface area contributed by atoms with Gasteiger partial charge in [-0.1, -0.05) is 6.07 Å². The number of benzene rings is 1. The molecule has 19 heavy (non-hydrogen) atoms. The third-order valence-corrected chi connectivity index (χ3v) is 2.27. The zero-order valence-corrected chi connectivity index (χ0v) is 9.45. The summed E-state index contributed by atoms with van der Waals surface area (Å²) in [5.41, 5.74) is 4.14. The van der Waals surface area contributed by atoms with Crippen LogP contribution in [0.5, 0.6) is 0 Å². The minimum absolute atomic E-state index is 0.118. The van der Waals surface area contributed by atoms with Gasteiger partial charge in [0.05, 0.1) is 11.3 Å². The zero-order chi connectivity index (χ0) is 14.0. The van der Waals surface area contributed by atoms with E-state index in [0.717, 1.165) is 12.1 Å². The lowest BCUT2D eigenvalue weighted by Gasteiger charge is -2.07. The molecule has 0 aliphatic rings. The second-order valence-corrected chi connectivity index (χ2v) is 3.66. The summed E-state index contributed by atoms with van der Waals surface area (Å²) in [5, 5.41) is 2.14. The van der Waals surface area contributed by atoms with Crippen molar-refractivity contribution in [1.29, 1.82) is 0 Å². The first-order chi connectivity index (χ1) is 8.97. The molecule has 2 aromatic rings. The monoisotopic (exact) mass is 267 g/mol. The number of amides is 1. The predicted molar refractivity (Wildman–Crippen MR) is 62.9 cm³/mol. The minimum Gasteiger partial charge on any atom is -0.396 e. The van der Waals surface area contributed by atoms with Crippen molar-refractivity contribution >= 4 is 17.4 Å². The van der Waals surface area contributed by atoms with Gasteiger partial charge in [-0.3, -0.25) is 4.79 Å². The number of hydrogen-bond acceptors (Lipinski definition) is 3. The summed E-state index contributed by atoms with van der Waals surface area (Å²) in [6, 6.07) is 5.15. The number of carbonyl (C=O) groups excluding carboxylic acids is 1. The number of nitrogen functional groups attached to an aromatic ring is 1. The van der Waals surface area contributed by atoms with Crippen LogP contribution >= 0.6 is 0 Å². The number of nitrogens with two attached hydrogens (primary N) is 1. The van der Waals surface area contributed by atoms with Crippen LogP contribution in [0.15, 0.2) is 30.3 Å². The Labute approximate surface area is 106 Å². The van der Waals surface area contributed by atoms with E-state index in [4.69, 9.17) is 5.73 Å². The number of anilines is 2. The molecule has 1 heterocycles. The van der Waals surface area contributed by atoms with Crippen molar-refractivity contribution in [3.63, 3.8) is 0 Å². The largest absolute Gasteiger partial charge is 0.396 e. The van der Waals surface area contributed by atoms with Crippen LogP contribution in [0.1, 0.15) is 10.4 Å². The Morgan fingerprint density at radius 2 is 1.95 bits per heavy atom. The average molecular weight is 267 g/mol. The van der Waals surface area contributed by atoms with E-state index in [0.29, 0.717) is 6.07 Å². The molecule has 1 amide bonds. The van der Waals surface area contributed by atoms with Crippen LogP contribution in [-0.2, 0) is 0 Å². The molecule has 0 saturated heterocycles. The van der Waals surface area contributed by atoms with Crippen molar-refractivity contribution in [3.05, 3.63) is 53.5 Å². The molecule has 0 fully saturated rings. The predicted octanol–water partition coefficient (Wildman–Crippen LogP) is 2.33. The van der Waals surface area contributed by atoms with Crippen LogP contribution in [0.4, 0.5) is 24.7 Å². The van der Waals surface area contributed by atoms with Gasteiger partial charge in [-0.2, -0.15) is 4.39 Å². The van der Waals surface area contributed by atoms with Crippen LogP contribution in [0.2, 0.25) is 0 Å². The fraction of sp³-hybridized carbons (Fsp3) is 0. The number of halogens is 3. The quantitative estimate of drug-likeness (QED) is 0.648. The molecule has 0 aliphatic carbocycles. The van der Waals surface area contributed by atoms with E-state index >= 15 is 0 Å². The Bertz CT molecular complexity index is 646. The van der Waals surface area contributed by atoms with Gasteiger partial charge in [0.1, 0.15) is 11.6 Å². The number of hydrogen-bond donors (Lipinski definition) is 2. The Hall–Kier alpha value is -2.57.